The molecule has 5 heteroatoms. The van der Waals surface area contributed by atoms with Crippen molar-refractivity contribution in [3.63, 3.8) is 0 Å². The van der Waals surface area contributed by atoms with Crippen molar-refractivity contribution >= 4 is 10.0 Å². The first kappa shape index (κ1) is 15.4. The molecule has 1 aliphatic rings. The summed E-state index contributed by atoms with van der Waals surface area (Å²) in [6, 6.07) is 4.91. The minimum Gasteiger partial charge on any atom is -0.211 e. The lowest BCUT2D eigenvalue weighted by Gasteiger charge is -2.26. The molecule has 0 bridgehead atoms. The van der Waals surface area contributed by atoms with Gasteiger partial charge < -0.3 is 0 Å². The van der Waals surface area contributed by atoms with E-state index < -0.39 is 15.8 Å². The monoisotopic (exact) mass is 299 g/mol. The first-order valence-corrected chi connectivity index (χ1v) is 8.71. The molecule has 1 aromatic carbocycles. The molecule has 1 fully saturated rings. The van der Waals surface area contributed by atoms with Crippen LogP contribution in [0.15, 0.2) is 29.2 Å². The van der Waals surface area contributed by atoms with E-state index in [2.05, 4.69) is 11.6 Å². The summed E-state index contributed by atoms with van der Waals surface area (Å²) in [6.45, 7) is 2.73. The third kappa shape index (κ3) is 4.28. The second kappa shape index (κ2) is 6.68. The molecule has 0 radical (unpaired) electrons. The van der Waals surface area contributed by atoms with E-state index in [0.29, 0.717) is 12.5 Å². The van der Waals surface area contributed by atoms with Crippen LogP contribution in [0.4, 0.5) is 4.39 Å². The lowest BCUT2D eigenvalue weighted by molar-refractivity contribution is 0.278. The topological polar surface area (TPSA) is 46.2 Å². The zero-order valence-corrected chi connectivity index (χ0v) is 12.6. The van der Waals surface area contributed by atoms with Crippen LogP contribution in [0.2, 0.25) is 0 Å². The summed E-state index contributed by atoms with van der Waals surface area (Å²) >= 11 is 0. The molecule has 3 nitrogen and oxygen atoms in total. The molecule has 0 atom stereocenters. The molecular weight excluding hydrogens is 277 g/mol. The Balaban J connectivity index is 1.82. The average molecular weight is 299 g/mol. The van der Waals surface area contributed by atoms with E-state index in [1.807, 2.05) is 0 Å². The highest BCUT2D eigenvalue weighted by molar-refractivity contribution is 7.89. The van der Waals surface area contributed by atoms with E-state index in [1.54, 1.807) is 0 Å². The van der Waals surface area contributed by atoms with E-state index in [-0.39, 0.29) is 4.90 Å². The lowest BCUT2D eigenvalue weighted by atomic mass is 9.81. The lowest BCUT2D eigenvalue weighted by Crippen LogP contribution is -2.27. The second-order valence-corrected chi connectivity index (χ2v) is 7.53. The maximum atomic E-state index is 12.8. The first-order chi connectivity index (χ1) is 9.47. The van der Waals surface area contributed by atoms with Gasteiger partial charge in [0.15, 0.2) is 0 Å². The van der Waals surface area contributed by atoms with Crippen molar-refractivity contribution in [2.75, 3.05) is 6.54 Å². The highest BCUT2D eigenvalue weighted by atomic mass is 32.2. The molecule has 0 saturated heterocycles. The van der Waals surface area contributed by atoms with Crippen LogP contribution in [0.5, 0.6) is 0 Å². The van der Waals surface area contributed by atoms with Gasteiger partial charge >= 0.3 is 0 Å². The van der Waals surface area contributed by atoms with Crippen LogP contribution in [-0.2, 0) is 10.0 Å². The second-order valence-electron chi connectivity index (χ2n) is 5.77. The van der Waals surface area contributed by atoms with Crippen molar-refractivity contribution in [2.24, 2.45) is 11.8 Å². The Bertz CT molecular complexity index is 519. The number of hydrogen-bond acceptors (Lipinski definition) is 2. The minimum atomic E-state index is -3.51. The predicted molar refractivity (Wildman–Crippen MR) is 77.3 cm³/mol. The van der Waals surface area contributed by atoms with Crippen molar-refractivity contribution in [3.8, 4) is 0 Å². The Morgan fingerprint density at radius 3 is 2.35 bits per heavy atom. The van der Waals surface area contributed by atoms with Crippen LogP contribution in [0.1, 0.15) is 39.0 Å². The molecule has 1 aromatic rings. The Morgan fingerprint density at radius 2 is 1.75 bits per heavy atom. The van der Waals surface area contributed by atoms with Gasteiger partial charge in [-0.25, -0.2) is 17.5 Å². The standard InChI is InChI=1S/C15H22FNO2S/c1-12-2-4-13(5-3-12)10-11-17-20(18,19)15-8-6-14(16)7-9-15/h6-9,12-13,17H,2-5,10-11H2,1H3. The normalized spacial score (nSPS) is 23.7. The fourth-order valence-corrected chi connectivity index (χ4v) is 3.76. The van der Waals surface area contributed by atoms with Gasteiger partial charge in [-0.15, -0.1) is 0 Å². The number of benzene rings is 1. The molecule has 112 valence electrons. The van der Waals surface area contributed by atoms with Gasteiger partial charge in [-0.2, -0.15) is 0 Å². The fraction of sp³-hybridized carbons (Fsp3) is 0.600. The van der Waals surface area contributed by atoms with E-state index in [4.69, 9.17) is 0 Å². The molecule has 1 saturated carbocycles. The number of hydrogen-bond donors (Lipinski definition) is 1. The van der Waals surface area contributed by atoms with Gasteiger partial charge in [-0.1, -0.05) is 32.6 Å². The summed E-state index contributed by atoms with van der Waals surface area (Å²) < 4.78 is 39.4. The summed E-state index contributed by atoms with van der Waals surface area (Å²) in [4.78, 5) is 0.121. The van der Waals surface area contributed by atoms with Crippen LogP contribution in [-0.4, -0.2) is 15.0 Å². The summed E-state index contributed by atoms with van der Waals surface area (Å²) in [5.74, 6) is 1.00. The van der Waals surface area contributed by atoms with Gasteiger partial charge in [0.25, 0.3) is 0 Å². The third-order valence-corrected chi connectivity index (χ3v) is 5.58. The summed E-state index contributed by atoms with van der Waals surface area (Å²) in [5, 5.41) is 0. The van der Waals surface area contributed by atoms with Gasteiger partial charge in [-0.05, 0) is 42.5 Å². The Labute approximate surface area is 120 Å². The van der Waals surface area contributed by atoms with Crippen LogP contribution < -0.4 is 4.72 Å². The number of sulfonamides is 1. The van der Waals surface area contributed by atoms with Crippen LogP contribution >= 0.6 is 0 Å². The maximum absolute atomic E-state index is 12.8. The Kier molecular flexibility index (Phi) is 5.16. The molecule has 0 unspecified atom stereocenters. The summed E-state index contributed by atoms with van der Waals surface area (Å²) in [6.07, 6.45) is 5.76. The summed E-state index contributed by atoms with van der Waals surface area (Å²) in [7, 11) is -3.51. The molecule has 0 spiro atoms. The maximum Gasteiger partial charge on any atom is 0.240 e. The van der Waals surface area contributed by atoms with Crippen molar-refractivity contribution in [2.45, 2.75) is 43.9 Å². The molecule has 1 aliphatic carbocycles. The molecule has 0 aliphatic heterocycles. The van der Waals surface area contributed by atoms with Gasteiger partial charge in [0.05, 0.1) is 4.90 Å². The van der Waals surface area contributed by atoms with Gasteiger partial charge in [-0.3, -0.25) is 0 Å². The van der Waals surface area contributed by atoms with Gasteiger partial charge in [0.2, 0.25) is 10.0 Å². The average Bonchev–Trinajstić information content (AvgIpc) is 2.41. The minimum absolute atomic E-state index is 0.121. The van der Waals surface area contributed by atoms with E-state index >= 15 is 0 Å². The molecule has 20 heavy (non-hydrogen) atoms. The highest BCUT2D eigenvalue weighted by Crippen LogP contribution is 2.30. The van der Waals surface area contributed by atoms with E-state index in [0.717, 1.165) is 24.5 Å². The molecule has 0 amide bonds. The molecular formula is C15H22FNO2S. The van der Waals surface area contributed by atoms with E-state index in [1.165, 1.54) is 37.8 Å². The summed E-state index contributed by atoms with van der Waals surface area (Å²) in [5.41, 5.74) is 0. The highest BCUT2D eigenvalue weighted by Gasteiger charge is 2.19. The molecule has 0 aromatic heterocycles. The zero-order valence-electron chi connectivity index (χ0n) is 11.8. The van der Waals surface area contributed by atoms with Crippen LogP contribution in [0.25, 0.3) is 0 Å². The quantitative estimate of drug-likeness (QED) is 0.906. The molecule has 2 rings (SSSR count). The molecule has 1 N–H and O–H groups in total. The van der Waals surface area contributed by atoms with Crippen LogP contribution in [0, 0.1) is 17.7 Å². The smallest absolute Gasteiger partial charge is 0.211 e. The van der Waals surface area contributed by atoms with Gasteiger partial charge in [0, 0.05) is 6.54 Å². The van der Waals surface area contributed by atoms with Crippen LogP contribution in [0.3, 0.4) is 0 Å². The molecule has 0 heterocycles. The largest absolute Gasteiger partial charge is 0.240 e. The number of rotatable bonds is 5. The van der Waals surface area contributed by atoms with Gasteiger partial charge in [0.1, 0.15) is 5.82 Å². The predicted octanol–water partition coefficient (Wildman–Crippen LogP) is 3.32. The Hall–Kier alpha value is -0.940. The SMILES string of the molecule is CC1CCC(CCNS(=O)(=O)c2ccc(F)cc2)CC1. The number of nitrogens with one attached hydrogen (secondary N) is 1. The van der Waals surface area contributed by atoms with Crippen molar-refractivity contribution in [1.29, 1.82) is 0 Å². The third-order valence-electron chi connectivity index (χ3n) is 4.10. The Morgan fingerprint density at radius 1 is 1.15 bits per heavy atom. The van der Waals surface area contributed by atoms with E-state index in [9.17, 15) is 12.8 Å². The number of halogens is 1. The van der Waals surface area contributed by atoms with Crippen molar-refractivity contribution in [1.82, 2.24) is 4.72 Å². The zero-order chi connectivity index (χ0) is 14.6. The fourth-order valence-electron chi connectivity index (χ4n) is 2.71. The van der Waals surface area contributed by atoms with Crippen molar-refractivity contribution < 1.29 is 12.8 Å². The first-order valence-electron chi connectivity index (χ1n) is 7.22. The van der Waals surface area contributed by atoms with Crippen molar-refractivity contribution in [3.05, 3.63) is 30.1 Å².